The Morgan fingerprint density at radius 1 is 1.07 bits per heavy atom. The Bertz CT molecular complexity index is 1080. The lowest BCUT2D eigenvalue weighted by Crippen LogP contribution is -2.18. The van der Waals surface area contributed by atoms with Gasteiger partial charge >= 0.3 is 0 Å². The normalized spacial score (nSPS) is 10.8. The van der Waals surface area contributed by atoms with E-state index in [-0.39, 0.29) is 12.5 Å². The molecule has 7 heteroatoms. The number of halogens is 2. The van der Waals surface area contributed by atoms with Crippen LogP contribution in [0.3, 0.4) is 0 Å². The van der Waals surface area contributed by atoms with Crippen LogP contribution >= 0.6 is 23.2 Å². The molecule has 3 aromatic carbocycles. The van der Waals surface area contributed by atoms with E-state index in [1.807, 2.05) is 37.3 Å². The van der Waals surface area contributed by atoms with Gasteiger partial charge in [-0.05, 0) is 42.3 Å². The Morgan fingerprint density at radius 3 is 2.53 bits per heavy atom. The molecule has 0 aliphatic carbocycles. The Kier molecular flexibility index (Phi) is 7.33. The third-order valence-electron chi connectivity index (χ3n) is 4.35. The van der Waals surface area contributed by atoms with E-state index in [4.69, 9.17) is 32.7 Å². The number of carbonyl (C=O) groups excluding carboxylic acids is 1. The smallest absolute Gasteiger partial charge is 0.271 e. The number of benzene rings is 3. The SMILES string of the molecule is COc1cc(/C=N\NC(=O)c2ccccc2C)cc(Cl)c1OCc1ccccc1Cl. The number of hydrazone groups is 1. The van der Waals surface area contributed by atoms with Crippen LogP contribution in [0.4, 0.5) is 0 Å². The van der Waals surface area contributed by atoms with E-state index in [0.29, 0.717) is 32.7 Å². The van der Waals surface area contributed by atoms with Crippen LogP contribution in [0.15, 0.2) is 65.8 Å². The second-order valence-corrected chi connectivity index (χ2v) is 7.24. The molecule has 0 radical (unpaired) electrons. The second kappa shape index (κ2) is 10.1. The average molecular weight is 443 g/mol. The molecule has 0 aliphatic heterocycles. The summed E-state index contributed by atoms with van der Waals surface area (Å²) >= 11 is 12.6. The maximum Gasteiger partial charge on any atom is 0.271 e. The van der Waals surface area contributed by atoms with Gasteiger partial charge in [-0.2, -0.15) is 5.10 Å². The fraction of sp³-hybridized carbons (Fsp3) is 0.130. The molecule has 1 amide bonds. The van der Waals surface area contributed by atoms with Crippen LogP contribution in [0.2, 0.25) is 10.0 Å². The van der Waals surface area contributed by atoms with Gasteiger partial charge < -0.3 is 9.47 Å². The van der Waals surface area contributed by atoms with Gasteiger partial charge in [-0.1, -0.05) is 59.6 Å². The van der Waals surface area contributed by atoms with Crippen molar-refractivity contribution < 1.29 is 14.3 Å². The van der Waals surface area contributed by atoms with E-state index in [1.165, 1.54) is 13.3 Å². The fourth-order valence-corrected chi connectivity index (χ4v) is 3.24. The highest BCUT2D eigenvalue weighted by atomic mass is 35.5. The fourth-order valence-electron chi connectivity index (χ4n) is 2.77. The van der Waals surface area contributed by atoms with Gasteiger partial charge in [-0.25, -0.2) is 5.43 Å². The van der Waals surface area contributed by atoms with Crippen LogP contribution < -0.4 is 14.9 Å². The molecule has 0 fully saturated rings. The van der Waals surface area contributed by atoms with Crippen molar-refractivity contribution in [2.75, 3.05) is 7.11 Å². The Balaban J connectivity index is 1.72. The molecule has 0 saturated heterocycles. The molecule has 0 aromatic heterocycles. The predicted octanol–water partition coefficient (Wildman–Crippen LogP) is 5.65. The van der Waals surface area contributed by atoms with E-state index in [0.717, 1.165) is 11.1 Å². The van der Waals surface area contributed by atoms with Crippen molar-refractivity contribution in [2.45, 2.75) is 13.5 Å². The van der Waals surface area contributed by atoms with Crippen LogP contribution in [-0.2, 0) is 6.61 Å². The summed E-state index contributed by atoms with van der Waals surface area (Å²) in [6, 6.07) is 18.1. The summed E-state index contributed by atoms with van der Waals surface area (Å²) in [5.41, 5.74) is 5.43. The maximum absolute atomic E-state index is 12.2. The van der Waals surface area contributed by atoms with Crippen molar-refractivity contribution in [3.63, 3.8) is 0 Å². The molecular weight excluding hydrogens is 423 g/mol. The molecule has 0 aliphatic rings. The van der Waals surface area contributed by atoms with E-state index in [9.17, 15) is 4.79 Å². The molecule has 3 aromatic rings. The Hall–Kier alpha value is -3.02. The molecule has 154 valence electrons. The van der Waals surface area contributed by atoms with Gasteiger partial charge in [-0.3, -0.25) is 4.79 Å². The number of amides is 1. The van der Waals surface area contributed by atoms with E-state index in [1.54, 1.807) is 30.3 Å². The Labute approximate surface area is 185 Å². The third kappa shape index (κ3) is 5.32. The largest absolute Gasteiger partial charge is 0.493 e. The van der Waals surface area contributed by atoms with E-state index in [2.05, 4.69) is 10.5 Å². The first-order valence-corrected chi connectivity index (χ1v) is 9.88. The molecule has 0 heterocycles. The van der Waals surface area contributed by atoms with Crippen LogP contribution in [0.25, 0.3) is 0 Å². The van der Waals surface area contributed by atoms with Gasteiger partial charge in [0.25, 0.3) is 5.91 Å². The number of carbonyl (C=O) groups is 1. The van der Waals surface area contributed by atoms with Crippen molar-refractivity contribution >= 4 is 35.3 Å². The van der Waals surface area contributed by atoms with Crippen molar-refractivity contribution in [3.05, 3.63) is 93.0 Å². The number of nitrogens with zero attached hydrogens (tertiary/aromatic N) is 1. The first-order chi connectivity index (χ1) is 14.5. The summed E-state index contributed by atoms with van der Waals surface area (Å²) < 4.78 is 11.2. The molecule has 3 rings (SSSR count). The van der Waals surface area contributed by atoms with Gasteiger partial charge in [0.2, 0.25) is 0 Å². The quantitative estimate of drug-likeness (QED) is 0.379. The monoisotopic (exact) mass is 442 g/mol. The summed E-state index contributed by atoms with van der Waals surface area (Å²) in [5, 5.41) is 4.98. The minimum absolute atomic E-state index is 0.246. The highest BCUT2D eigenvalue weighted by molar-refractivity contribution is 6.32. The van der Waals surface area contributed by atoms with Gasteiger partial charge in [0.1, 0.15) is 6.61 Å². The van der Waals surface area contributed by atoms with Crippen LogP contribution in [0.1, 0.15) is 27.0 Å². The number of methoxy groups -OCH3 is 1. The molecule has 0 spiro atoms. The number of nitrogens with one attached hydrogen (secondary N) is 1. The first-order valence-electron chi connectivity index (χ1n) is 9.12. The van der Waals surface area contributed by atoms with Crippen LogP contribution in [-0.4, -0.2) is 19.2 Å². The molecule has 30 heavy (non-hydrogen) atoms. The summed E-state index contributed by atoms with van der Waals surface area (Å²) in [6.45, 7) is 2.11. The lowest BCUT2D eigenvalue weighted by atomic mass is 10.1. The second-order valence-electron chi connectivity index (χ2n) is 6.43. The zero-order valence-electron chi connectivity index (χ0n) is 16.5. The molecule has 0 atom stereocenters. The third-order valence-corrected chi connectivity index (χ3v) is 5.00. The molecule has 0 unspecified atom stereocenters. The van der Waals surface area contributed by atoms with Gasteiger partial charge in [0.05, 0.1) is 18.3 Å². The van der Waals surface area contributed by atoms with Crippen molar-refractivity contribution in [2.24, 2.45) is 5.10 Å². The van der Waals surface area contributed by atoms with Crippen LogP contribution in [0.5, 0.6) is 11.5 Å². The standard InChI is InChI=1S/C23H20Cl2N2O3/c1-15-7-3-5-9-18(15)23(28)27-26-13-16-11-20(25)22(21(12-16)29-2)30-14-17-8-4-6-10-19(17)24/h3-13H,14H2,1-2H3,(H,27,28)/b26-13-. The first kappa shape index (κ1) is 21.7. The Morgan fingerprint density at radius 2 is 1.80 bits per heavy atom. The number of hydrogen-bond acceptors (Lipinski definition) is 4. The molecule has 5 nitrogen and oxygen atoms in total. The van der Waals surface area contributed by atoms with Crippen molar-refractivity contribution in [1.29, 1.82) is 0 Å². The van der Waals surface area contributed by atoms with Crippen molar-refractivity contribution in [1.82, 2.24) is 5.43 Å². The van der Waals surface area contributed by atoms with Gasteiger partial charge in [0, 0.05) is 16.1 Å². The minimum Gasteiger partial charge on any atom is -0.493 e. The minimum atomic E-state index is -0.290. The zero-order chi connectivity index (χ0) is 21.5. The maximum atomic E-state index is 12.2. The van der Waals surface area contributed by atoms with Crippen LogP contribution in [0, 0.1) is 6.92 Å². The summed E-state index contributed by atoms with van der Waals surface area (Å²) in [4.78, 5) is 12.2. The lowest BCUT2D eigenvalue weighted by Gasteiger charge is -2.14. The average Bonchev–Trinajstić information content (AvgIpc) is 2.74. The summed E-state index contributed by atoms with van der Waals surface area (Å²) in [5.74, 6) is 0.559. The highest BCUT2D eigenvalue weighted by Gasteiger charge is 2.13. The number of rotatable bonds is 7. The number of ether oxygens (including phenoxy) is 2. The summed E-state index contributed by atoms with van der Waals surface area (Å²) in [6.07, 6.45) is 1.49. The lowest BCUT2D eigenvalue weighted by molar-refractivity contribution is 0.0954. The highest BCUT2D eigenvalue weighted by Crippen LogP contribution is 2.37. The molecule has 1 N–H and O–H groups in total. The molecule has 0 bridgehead atoms. The predicted molar refractivity (Wildman–Crippen MR) is 120 cm³/mol. The van der Waals surface area contributed by atoms with Gasteiger partial charge in [-0.15, -0.1) is 0 Å². The van der Waals surface area contributed by atoms with Gasteiger partial charge in [0.15, 0.2) is 11.5 Å². The van der Waals surface area contributed by atoms with E-state index >= 15 is 0 Å². The topological polar surface area (TPSA) is 59.9 Å². The van der Waals surface area contributed by atoms with Crippen molar-refractivity contribution in [3.8, 4) is 11.5 Å². The van der Waals surface area contributed by atoms with E-state index < -0.39 is 0 Å². The number of hydrogen-bond donors (Lipinski definition) is 1. The number of aryl methyl sites for hydroxylation is 1. The zero-order valence-corrected chi connectivity index (χ0v) is 18.0. The molecule has 0 saturated carbocycles. The molecular formula is C23H20Cl2N2O3. The summed E-state index contributed by atoms with van der Waals surface area (Å²) in [7, 11) is 1.52.